The quantitative estimate of drug-likeness (QED) is 0.136. The van der Waals surface area contributed by atoms with Crippen molar-refractivity contribution in [1.82, 2.24) is 10.6 Å². The van der Waals surface area contributed by atoms with Crippen LogP contribution in [0, 0.1) is 11.3 Å². The number of hydrogen-bond donors (Lipinski definition) is 4. The summed E-state index contributed by atoms with van der Waals surface area (Å²) in [5.74, 6) is -0.303. The highest BCUT2D eigenvalue weighted by Crippen LogP contribution is 2.13. The molecule has 0 bridgehead atoms. The highest BCUT2D eigenvalue weighted by Gasteiger charge is 2.21. The maximum atomic E-state index is 12.2. The monoisotopic (exact) mass is 456 g/mol. The fourth-order valence-corrected chi connectivity index (χ4v) is 2.83. The number of carbonyl (C=O) groups is 3. The molecule has 5 N–H and O–H groups in total. The Morgan fingerprint density at radius 2 is 1.34 bits per heavy atom. The van der Waals surface area contributed by atoms with E-state index in [-0.39, 0.29) is 36.6 Å². The molecule has 0 aliphatic heterocycles. The van der Waals surface area contributed by atoms with E-state index in [1.165, 1.54) is 0 Å². The van der Waals surface area contributed by atoms with E-state index in [1.807, 2.05) is 20.8 Å². The molecule has 0 spiro atoms. The molecule has 9 heteroatoms. The van der Waals surface area contributed by atoms with Gasteiger partial charge in [0.2, 0.25) is 5.91 Å². The number of unbranched alkanes of at least 4 members (excludes halogenated alkanes) is 3. The van der Waals surface area contributed by atoms with Crippen LogP contribution in [0.1, 0.15) is 92.9 Å². The molecular weight excluding hydrogens is 412 g/mol. The second kappa shape index (κ2) is 14.7. The van der Waals surface area contributed by atoms with E-state index in [4.69, 9.17) is 20.6 Å². The summed E-state index contributed by atoms with van der Waals surface area (Å²) in [5.41, 5.74) is 4.17. The molecule has 0 saturated carbocycles. The predicted molar refractivity (Wildman–Crippen MR) is 125 cm³/mol. The van der Waals surface area contributed by atoms with Gasteiger partial charge in [-0.2, -0.15) is 0 Å². The Kier molecular flexibility index (Phi) is 13.6. The van der Waals surface area contributed by atoms with Crippen molar-refractivity contribution >= 4 is 23.8 Å². The average molecular weight is 457 g/mol. The van der Waals surface area contributed by atoms with Crippen LogP contribution < -0.4 is 16.4 Å². The van der Waals surface area contributed by atoms with E-state index in [0.29, 0.717) is 25.8 Å². The van der Waals surface area contributed by atoms with Crippen LogP contribution in [0.5, 0.6) is 0 Å². The summed E-state index contributed by atoms with van der Waals surface area (Å²) in [4.78, 5) is 36.2. The van der Waals surface area contributed by atoms with Crippen molar-refractivity contribution in [1.29, 1.82) is 5.41 Å². The fraction of sp³-hybridized carbons (Fsp3) is 0.826. The number of carbonyl (C=O) groups excluding carboxylic acids is 3. The first-order valence-electron chi connectivity index (χ1n) is 11.5. The number of nitrogens with two attached hydrogens (primary N) is 1. The van der Waals surface area contributed by atoms with Crippen molar-refractivity contribution in [3.8, 4) is 0 Å². The van der Waals surface area contributed by atoms with Gasteiger partial charge in [-0.3, -0.25) is 15.0 Å². The molecule has 0 aromatic heterocycles. The molecule has 32 heavy (non-hydrogen) atoms. The van der Waals surface area contributed by atoms with E-state index < -0.39 is 17.3 Å². The molecule has 0 fully saturated rings. The van der Waals surface area contributed by atoms with Gasteiger partial charge < -0.3 is 25.8 Å². The van der Waals surface area contributed by atoms with Gasteiger partial charge in [0.05, 0.1) is 5.84 Å². The van der Waals surface area contributed by atoms with Crippen molar-refractivity contribution in [3.05, 3.63) is 0 Å². The normalized spacial score (nSPS) is 12.6. The standard InChI is InChI=1S/C23H44N4O5/c1-22(2,3)31-20(29)14-13-17(16-27-21(30)32-23(4,5)6)15-26-19(28)12-10-8-7-9-11-18(24)25/h17H,7-16H2,1-6H3,(H3,24,25)(H,26,28)(H,27,30). The Bertz CT molecular complexity index is 576. The van der Waals surface area contributed by atoms with Gasteiger partial charge in [-0.05, 0) is 66.7 Å². The highest BCUT2D eigenvalue weighted by atomic mass is 16.6. The summed E-state index contributed by atoms with van der Waals surface area (Å²) in [6.45, 7) is 11.4. The minimum atomic E-state index is -0.602. The van der Waals surface area contributed by atoms with Gasteiger partial charge in [0.1, 0.15) is 11.2 Å². The van der Waals surface area contributed by atoms with Crippen molar-refractivity contribution in [2.75, 3.05) is 13.1 Å². The van der Waals surface area contributed by atoms with Crippen LogP contribution in [-0.4, -0.2) is 48.1 Å². The van der Waals surface area contributed by atoms with Gasteiger partial charge >= 0.3 is 12.1 Å². The third-order valence-corrected chi connectivity index (χ3v) is 4.30. The second-order valence-corrected chi connectivity index (χ2v) is 10.1. The van der Waals surface area contributed by atoms with Crippen LogP contribution in [0.25, 0.3) is 0 Å². The van der Waals surface area contributed by atoms with E-state index in [9.17, 15) is 14.4 Å². The maximum absolute atomic E-state index is 12.2. The summed E-state index contributed by atoms with van der Waals surface area (Å²) in [7, 11) is 0. The zero-order valence-corrected chi connectivity index (χ0v) is 20.8. The first kappa shape index (κ1) is 29.7. The third kappa shape index (κ3) is 19.6. The highest BCUT2D eigenvalue weighted by molar-refractivity contribution is 5.76. The van der Waals surface area contributed by atoms with Crippen molar-refractivity contribution in [3.63, 3.8) is 0 Å². The Labute approximate surface area is 193 Å². The van der Waals surface area contributed by atoms with Crippen molar-refractivity contribution in [2.24, 2.45) is 11.7 Å². The Morgan fingerprint density at radius 1 is 0.812 bits per heavy atom. The van der Waals surface area contributed by atoms with E-state index >= 15 is 0 Å². The molecule has 0 rings (SSSR count). The van der Waals surface area contributed by atoms with Crippen LogP contribution in [0.2, 0.25) is 0 Å². The van der Waals surface area contributed by atoms with Crippen LogP contribution in [-0.2, 0) is 19.1 Å². The van der Waals surface area contributed by atoms with E-state index in [2.05, 4.69) is 10.6 Å². The minimum absolute atomic E-state index is 0.0592. The third-order valence-electron chi connectivity index (χ3n) is 4.30. The summed E-state index contributed by atoms with van der Waals surface area (Å²) >= 11 is 0. The Balaban J connectivity index is 4.49. The molecule has 0 aliphatic rings. The van der Waals surface area contributed by atoms with Crippen LogP contribution in [0.3, 0.4) is 0 Å². The maximum Gasteiger partial charge on any atom is 0.407 e. The van der Waals surface area contributed by atoms with Gasteiger partial charge in [0, 0.05) is 32.4 Å². The largest absolute Gasteiger partial charge is 0.460 e. The van der Waals surface area contributed by atoms with E-state index in [0.717, 1.165) is 25.7 Å². The molecule has 1 unspecified atom stereocenters. The summed E-state index contributed by atoms with van der Waals surface area (Å²) in [5, 5.41) is 12.8. The molecule has 0 aromatic carbocycles. The van der Waals surface area contributed by atoms with Gasteiger partial charge in [0.15, 0.2) is 0 Å². The number of rotatable bonds is 14. The first-order chi connectivity index (χ1) is 14.7. The molecule has 0 aliphatic carbocycles. The second-order valence-electron chi connectivity index (χ2n) is 10.1. The summed E-state index contributed by atoms with van der Waals surface area (Å²) in [6, 6.07) is 0. The summed E-state index contributed by atoms with van der Waals surface area (Å²) in [6.07, 6.45) is 4.61. The molecule has 0 radical (unpaired) electrons. The smallest absolute Gasteiger partial charge is 0.407 e. The predicted octanol–water partition coefficient (Wildman–Crippen LogP) is 3.64. The summed E-state index contributed by atoms with van der Waals surface area (Å²) < 4.78 is 10.6. The number of amidine groups is 1. The molecule has 2 amide bonds. The Hall–Kier alpha value is -2.32. The van der Waals surface area contributed by atoms with Gasteiger partial charge in [-0.25, -0.2) is 4.79 Å². The number of hydrogen-bond acceptors (Lipinski definition) is 6. The van der Waals surface area contributed by atoms with Gasteiger partial charge in [-0.1, -0.05) is 12.8 Å². The SMILES string of the molecule is CC(C)(C)OC(=O)CCC(CNC(=O)CCCCCCC(=N)N)CNC(=O)OC(C)(C)C. The number of alkyl carbamates (subject to hydrolysis) is 1. The lowest BCUT2D eigenvalue weighted by atomic mass is 10.0. The van der Waals surface area contributed by atoms with Crippen molar-refractivity contribution < 1.29 is 23.9 Å². The number of ether oxygens (including phenoxy) is 2. The van der Waals surface area contributed by atoms with E-state index in [1.54, 1.807) is 20.8 Å². The zero-order valence-electron chi connectivity index (χ0n) is 20.8. The van der Waals surface area contributed by atoms with Crippen LogP contribution >= 0.6 is 0 Å². The fourth-order valence-electron chi connectivity index (χ4n) is 2.83. The lowest BCUT2D eigenvalue weighted by Gasteiger charge is -2.23. The molecule has 0 aromatic rings. The first-order valence-corrected chi connectivity index (χ1v) is 11.5. The van der Waals surface area contributed by atoms with Gasteiger partial charge in [-0.15, -0.1) is 0 Å². The van der Waals surface area contributed by atoms with Gasteiger partial charge in [0.25, 0.3) is 0 Å². The average Bonchev–Trinajstić information content (AvgIpc) is 2.60. The number of nitrogens with one attached hydrogen (secondary N) is 3. The van der Waals surface area contributed by atoms with Crippen LogP contribution in [0.4, 0.5) is 4.79 Å². The molecule has 186 valence electrons. The lowest BCUT2D eigenvalue weighted by molar-refractivity contribution is -0.155. The molecule has 0 heterocycles. The van der Waals surface area contributed by atoms with Crippen LogP contribution in [0.15, 0.2) is 0 Å². The minimum Gasteiger partial charge on any atom is -0.460 e. The lowest BCUT2D eigenvalue weighted by Crippen LogP contribution is -2.39. The molecule has 9 nitrogen and oxygen atoms in total. The molecular formula is C23H44N4O5. The Morgan fingerprint density at radius 3 is 1.88 bits per heavy atom. The zero-order chi connectivity index (χ0) is 24.8. The number of amides is 2. The van der Waals surface area contributed by atoms with Crippen molar-refractivity contribution in [2.45, 2.75) is 104 Å². The molecule has 1 atom stereocenters. The number of esters is 1. The molecule has 0 saturated heterocycles. The topological polar surface area (TPSA) is 144 Å².